The standard InChI is InChI=1S/C31H35BrClN3O5S/c1-22(31(38)34-26-9-4-3-5-10-26)35(20-23-7-6-8-24(32)19-23)30(37)21-36(27-13-11-25(33)12-14-27)42(39,40)29-17-15-28(41-2)16-18-29/h6-8,11-19,22,26H,3-5,9-10,20-21H2,1-2H3,(H,34,38). The minimum absolute atomic E-state index is 0.00678. The maximum atomic E-state index is 14.1. The summed E-state index contributed by atoms with van der Waals surface area (Å²) in [5.41, 5.74) is 1.07. The molecule has 1 aliphatic carbocycles. The van der Waals surface area contributed by atoms with E-state index in [0.717, 1.165) is 46.4 Å². The third-order valence-corrected chi connectivity index (χ3v) is 9.94. The molecule has 0 aliphatic heterocycles. The van der Waals surface area contributed by atoms with Gasteiger partial charge in [0.2, 0.25) is 11.8 Å². The van der Waals surface area contributed by atoms with Gasteiger partial charge in [-0.2, -0.15) is 0 Å². The molecular weight excluding hydrogens is 642 g/mol. The van der Waals surface area contributed by atoms with Crippen LogP contribution in [0.3, 0.4) is 0 Å². The lowest BCUT2D eigenvalue weighted by atomic mass is 9.95. The van der Waals surface area contributed by atoms with Crippen LogP contribution in [0, 0.1) is 0 Å². The minimum Gasteiger partial charge on any atom is -0.497 e. The Labute approximate surface area is 261 Å². The fourth-order valence-electron chi connectivity index (χ4n) is 4.99. The number of carbonyl (C=O) groups is 2. The van der Waals surface area contributed by atoms with Crippen LogP contribution in [0.15, 0.2) is 82.2 Å². The van der Waals surface area contributed by atoms with E-state index in [2.05, 4.69) is 21.2 Å². The Morgan fingerprint density at radius 2 is 1.69 bits per heavy atom. The Balaban J connectivity index is 1.67. The van der Waals surface area contributed by atoms with Crippen LogP contribution in [-0.2, 0) is 26.2 Å². The van der Waals surface area contributed by atoms with Crippen LogP contribution in [0.25, 0.3) is 0 Å². The van der Waals surface area contributed by atoms with Crippen LogP contribution in [0.5, 0.6) is 5.75 Å². The number of sulfonamides is 1. The molecule has 1 fully saturated rings. The molecule has 0 radical (unpaired) electrons. The third kappa shape index (κ3) is 8.05. The predicted molar refractivity (Wildman–Crippen MR) is 168 cm³/mol. The van der Waals surface area contributed by atoms with Crippen LogP contribution >= 0.6 is 27.5 Å². The van der Waals surface area contributed by atoms with Crippen molar-refractivity contribution in [2.45, 2.75) is 62.6 Å². The molecule has 0 bridgehead atoms. The molecule has 1 unspecified atom stereocenters. The zero-order valence-corrected chi connectivity index (χ0v) is 26.8. The summed E-state index contributed by atoms with van der Waals surface area (Å²) in [6.45, 7) is 1.28. The highest BCUT2D eigenvalue weighted by atomic mass is 79.9. The van der Waals surface area contributed by atoms with Gasteiger partial charge in [-0.3, -0.25) is 13.9 Å². The topological polar surface area (TPSA) is 96.0 Å². The molecule has 224 valence electrons. The first-order chi connectivity index (χ1) is 20.1. The lowest BCUT2D eigenvalue weighted by Gasteiger charge is -2.33. The summed E-state index contributed by atoms with van der Waals surface area (Å²) in [4.78, 5) is 28.9. The number of rotatable bonds is 11. The van der Waals surface area contributed by atoms with Crippen molar-refractivity contribution < 1.29 is 22.7 Å². The molecule has 0 spiro atoms. The summed E-state index contributed by atoms with van der Waals surface area (Å²) in [6.07, 6.45) is 5.07. The molecule has 1 N–H and O–H groups in total. The van der Waals surface area contributed by atoms with E-state index in [1.165, 1.54) is 24.1 Å². The van der Waals surface area contributed by atoms with E-state index in [1.807, 2.05) is 24.3 Å². The molecule has 11 heteroatoms. The molecular formula is C31H35BrClN3O5S. The van der Waals surface area contributed by atoms with Gasteiger partial charge in [-0.15, -0.1) is 0 Å². The van der Waals surface area contributed by atoms with E-state index in [4.69, 9.17) is 16.3 Å². The van der Waals surface area contributed by atoms with Crippen LogP contribution < -0.4 is 14.4 Å². The van der Waals surface area contributed by atoms with Crippen molar-refractivity contribution >= 4 is 55.1 Å². The average Bonchev–Trinajstić information content (AvgIpc) is 2.99. The monoisotopic (exact) mass is 675 g/mol. The van der Waals surface area contributed by atoms with Gasteiger partial charge in [-0.05, 0) is 86.0 Å². The number of nitrogens with one attached hydrogen (secondary N) is 1. The molecule has 4 rings (SSSR count). The second-order valence-electron chi connectivity index (χ2n) is 10.3. The number of ether oxygens (including phenoxy) is 1. The lowest BCUT2D eigenvalue weighted by molar-refractivity contribution is -0.139. The normalized spacial score (nSPS) is 14.6. The zero-order chi connectivity index (χ0) is 30.3. The summed E-state index contributed by atoms with van der Waals surface area (Å²) in [7, 11) is -2.70. The highest BCUT2D eigenvalue weighted by molar-refractivity contribution is 9.10. The molecule has 0 saturated heterocycles. The third-order valence-electron chi connectivity index (χ3n) is 7.40. The Kier molecular flexibility index (Phi) is 10.9. The summed E-state index contributed by atoms with van der Waals surface area (Å²) in [6, 6.07) is 18.9. The van der Waals surface area contributed by atoms with Crippen LogP contribution in [0.2, 0.25) is 5.02 Å². The second-order valence-corrected chi connectivity index (χ2v) is 13.5. The van der Waals surface area contributed by atoms with E-state index >= 15 is 0 Å². The number of nitrogens with zero attached hydrogens (tertiary/aromatic N) is 2. The van der Waals surface area contributed by atoms with Gasteiger partial charge in [0.05, 0.1) is 17.7 Å². The highest BCUT2D eigenvalue weighted by Gasteiger charge is 2.33. The molecule has 1 atom stereocenters. The molecule has 2 amide bonds. The van der Waals surface area contributed by atoms with Crippen LogP contribution in [0.1, 0.15) is 44.6 Å². The minimum atomic E-state index is -4.19. The molecule has 3 aromatic carbocycles. The molecule has 0 heterocycles. The van der Waals surface area contributed by atoms with E-state index in [1.54, 1.807) is 43.3 Å². The van der Waals surface area contributed by atoms with Crippen molar-refractivity contribution in [3.63, 3.8) is 0 Å². The van der Waals surface area contributed by atoms with Crippen LogP contribution in [0.4, 0.5) is 5.69 Å². The van der Waals surface area contributed by atoms with Gasteiger partial charge < -0.3 is 15.0 Å². The number of carbonyl (C=O) groups excluding carboxylic acids is 2. The highest BCUT2D eigenvalue weighted by Crippen LogP contribution is 2.27. The quantitative estimate of drug-likeness (QED) is 0.262. The first-order valence-electron chi connectivity index (χ1n) is 13.8. The Morgan fingerprint density at radius 3 is 2.31 bits per heavy atom. The smallest absolute Gasteiger partial charge is 0.264 e. The van der Waals surface area contributed by atoms with Crippen molar-refractivity contribution in [2.75, 3.05) is 18.0 Å². The molecule has 1 aliphatic rings. The van der Waals surface area contributed by atoms with Crippen molar-refractivity contribution in [1.29, 1.82) is 0 Å². The van der Waals surface area contributed by atoms with Crippen molar-refractivity contribution in [3.8, 4) is 5.75 Å². The number of methoxy groups -OCH3 is 1. The van der Waals surface area contributed by atoms with Crippen LogP contribution in [-0.4, -0.2) is 50.9 Å². The number of amides is 2. The van der Waals surface area contributed by atoms with Gasteiger partial charge in [0, 0.05) is 22.1 Å². The Morgan fingerprint density at radius 1 is 1.02 bits per heavy atom. The predicted octanol–water partition coefficient (Wildman–Crippen LogP) is 6.17. The van der Waals surface area contributed by atoms with E-state index in [-0.39, 0.29) is 29.1 Å². The molecule has 8 nitrogen and oxygen atoms in total. The fraction of sp³-hybridized carbons (Fsp3) is 0.355. The first-order valence-corrected chi connectivity index (χ1v) is 16.5. The molecule has 42 heavy (non-hydrogen) atoms. The first kappa shape index (κ1) is 31.8. The number of halogens is 2. The molecule has 0 aromatic heterocycles. The van der Waals surface area contributed by atoms with E-state index in [0.29, 0.717) is 10.8 Å². The lowest BCUT2D eigenvalue weighted by Crippen LogP contribution is -2.53. The van der Waals surface area contributed by atoms with Gasteiger partial charge in [-0.1, -0.05) is 58.9 Å². The van der Waals surface area contributed by atoms with Gasteiger partial charge in [0.15, 0.2) is 0 Å². The van der Waals surface area contributed by atoms with Crippen molar-refractivity contribution in [1.82, 2.24) is 10.2 Å². The fourth-order valence-corrected chi connectivity index (χ4v) is 6.98. The van der Waals surface area contributed by atoms with Gasteiger partial charge in [0.25, 0.3) is 10.0 Å². The van der Waals surface area contributed by atoms with Gasteiger partial charge >= 0.3 is 0 Å². The summed E-state index contributed by atoms with van der Waals surface area (Å²) in [5.74, 6) is -0.282. The maximum absolute atomic E-state index is 14.1. The number of anilines is 1. The van der Waals surface area contributed by atoms with Gasteiger partial charge in [0.1, 0.15) is 18.3 Å². The van der Waals surface area contributed by atoms with E-state index < -0.39 is 28.5 Å². The van der Waals surface area contributed by atoms with Crippen molar-refractivity contribution in [3.05, 3.63) is 87.9 Å². The Hall–Kier alpha value is -3.08. The second kappa shape index (κ2) is 14.4. The Bertz CT molecular complexity index is 1480. The maximum Gasteiger partial charge on any atom is 0.264 e. The summed E-state index contributed by atoms with van der Waals surface area (Å²) < 4.78 is 34.9. The number of hydrogen-bond acceptors (Lipinski definition) is 5. The average molecular weight is 677 g/mol. The van der Waals surface area contributed by atoms with Gasteiger partial charge in [-0.25, -0.2) is 8.42 Å². The number of benzene rings is 3. The molecule has 3 aromatic rings. The zero-order valence-electron chi connectivity index (χ0n) is 23.6. The van der Waals surface area contributed by atoms with Crippen molar-refractivity contribution in [2.24, 2.45) is 0 Å². The largest absolute Gasteiger partial charge is 0.497 e. The summed E-state index contributed by atoms with van der Waals surface area (Å²) >= 11 is 9.56. The van der Waals surface area contributed by atoms with E-state index in [9.17, 15) is 18.0 Å². The summed E-state index contributed by atoms with van der Waals surface area (Å²) in [5, 5.41) is 3.54. The molecule has 1 saturated carbocycles. The number of hydrogen-bond donors (Lipinski definition) is 1. The SMILES string of the molecule is COc1ccc(S(=O)(=O)N(CC(=O)N(Cc2cccc(Br)c2)C(C)C(=O)NC2CCCCC2)c2ccc(Cl)cc2)cc1.